The van der Waals surface area contributed by atoms with Crippen molar-refractivity contribution >= 4 is 34.4 Å². The number of carbonyl (C=O) groups is 1. The van der Waals surface area contributed by atoms with E-state index in [1.54, 1.807) is 9.47 Å². The van der Waals surface area contributed by atoms with Crippen LogP contribution in [-0.4, -0.2) is 58.3 Å². The number of aryl methyl sites for hydroxylation is 1. The summed E-state index contributed by atoms with van der Waals surface area (Å²) >= 11 is 1.47. The van der Waals surface area contributed by atoms with Crippen molar-refractivity contribution in [1.29, 1.82) is 0 Å². The van der Waals surface area contributed by atoms with Crippen LogP contribution in [0.1, 0.15) is 5.56 Å². The molecule has 1 saturated heterocycles. The Hall–Kier alpha value is -3.24. The van der Waals surface area contributed by atoms with Gasteiger partial charge in [-0.15, -0.1) is 11.8 Å². The summed E-state index contributed by atoms with van der Waals surface area (Å²) in [5, 5.41) is 0.772. The smallest absolute Gasteiger partial charge is 0.350 e. The van der Waals surface area contributed by atoms with Crippen LogP contribution in [0.15, 0.2) is 46.6 Å². The molecular weight excluding hydrogens is 472 g/mol. The third-order valence-corrected chi connectivity index (χ3v) is 7.80. The first-order valence-electron chi connectivity index (χ1n) is 11.4. The Labute approximate surface area is 205 Å². The van der Waals surface area contributed by atoms with Gasteiger partial charge >= 0.3 is 5.69 Å². The highest BCUT2D eigenvalue weighted by atomic mass is 32.2. The van der Waals surface area contributed by atoms with E-state index in [-0.39, 0.29) is 17.5 Å². The van der Waals surface area contributed by atoms with Crippen molar-refractivity contribution in [2.75, 3.05) is 36.8 Å². The molecule has 35 heavy (non-hydrogen) atoms. The van der Waals surface area contributed by atoms with Crippen LogP contribution in [0.5, 0.6) is 0 Å². The molecule has 1 unspecified atom stereocenters. The van der Waals surface area contributed by atoms with Crippen molar-refractivity contribution < 1.29 is 13.6 Å². The zero-order valence-electron chi connectivity index (χ0n) is 19.3. The Kier molecular flexibility index (Phi) is 6.10. The summed E-state index contributed by atoms with van der Waals surface area (Å²) in [6.45, 7) is 7.72. The lowest BCUT2D eigenvalue weighted by Crippen LogP contribution is -2.49. The first-order chi connectivity index (χ1) is 16.8. The van der Waals surface area contributed by atoms with E-state index in [9.17, 15) is 18.4 Å². The number of halogens is 2. The van der Waals surface area contributed by atoms with Gasteiger partial charge in [-0.25, -0.2) is 13.6 Å². The van der Waals surface area contributed by atoms with Gasteiger partial charge in [-0.05, 0) is 36.8 Å². The fourth-order valence-electron chi connectivity index (χ4n) is 4.85. The number of amides is 1. The lowest BCUT2D eigenvalue weighted by Gasteiger charge is -2.35. The number of thioether (sulfide) groups is 1. The molecule has 2 aliphatic rings. The molecule has 1 amide bonds. The van der Waals surface area contributed by atoms with Gasteiger partial charge in [0.05, 0.1) is 5.52 Å². The predicted octanol–water partition coefficient (Wildman–Crippen LogP) is 2.92. The number of nitrogens with zero attached hydrogens (tertiary/aromatic N) is 4. The molecule has 5 rings (SSSR count). The second-order valence-electron chi connectivity index (χ2n) is 8.83. The summed E-state index contributed by atoms with van der Waals surface area (Å²) in [5.74, 6) is -0.365. The SMILES string of the molecule is C=CC(=O)N1CCN(c2nc(=O)n3c4c(c(-c5ccc(F)cc5F)c(C)cc24)SCC(N)C3)CC1. The van der Waals surface area contributed by atoms with Crippen LogP contribution in [0.4, 0.5) is 14.6 Å². The number of anilines is 1. The van der Waals surface area contributed by atoms with E-state index in [0.29, 0.717) is 55.4 Å². The highest BCUT2D eigenvalue weighted by Crippen LogP contribution is 2.43. The Bertz CT molecular complexity index is 1420. The number of carbonyl (C=O) groups excluding carboxylic acids is 1. The molecule has 0 saturated carbocycles. The van der Waals surface area contributed by atoms with E-state index in [1.807, 2.05) is 17.9 Å². The van der Waals surface area contributed by atoms with Gasteiger partial charge in [-0.1, -0.05) is 6.58 Å². The van der Waals surface area contributed by atoms with Gasteiger partial charge in [-0.3, -0.25) is 9.36 Å². The number of nitrogens with two attached hydrogens (primary N) is 1. The predicted molar refractivity (Wildman–Crippen MR) is 134 cm³/mol. The van der Waals surface area contributed by atoms with Gasteiger partial charge in [0.2, 0.25) is 5.91 Å². The maximum absolute atomic E-state index is 14.9. The average molecular weight is 498 g/mol. The van der Waals surface area contributed by atoms with Gasteiger partial charge in [-0.2, -0.15) is 4.98 Å². The zero-order chi connectivity index (χ0) is 24.9. The normalized spacial score (nSPS) is 18.0. The molecule has 182 valence electrons. The van der Waals surface area contributed by atoms with E-state index in [0.717, 1.165) is 21.9 Å². The van der Waals surface area contributed by atoms with Gasteiger partial charge < -0.3 is 15.5 Å². The number of hydrogen-bond acceptors (Lipinski definition) is 6. The van der Waals surface area contributed by atoms with Crippen LogP contribution in [0.3, 0.4) is 0 Å². The fraction of sp³-hybridized carbons (Fsp3) is 0.320. The van der Waals surface area contributed by atoms with E-state index in [4.69, 9.17) is 5.73 Å². The summed E-state index contributed by atoms with van der Waals surface area (Å²) in [4.78, 5) is 34.1. The molecule has 3 heterocycles. The molecule has 3 aromatic rings. The first kappa shape index (κ1) is 23.5. The highest BCUT2D eigenvalue weighted by Gasteiger charge is 2.28. The summed E-state index contributed by atoms with van der Waals surface area (Å²) in [5.41, 5.74) is 8.21. The van der Waals surface area contributed by atoms with Crippen LogP contribution in [0.2, 0.25) is 0 Å². The van der Waals surface area contributed by atoms with Crippen molar-refractivity contribution in [2.24, 2.45) is 5.73 Å². The van der Waals surface area contributed by atoms with E-state index in [1.165, 1.54) is 30.0 Å². The molecule has 1 fully saturated rings. The fourth-order valence-corrected chi connectivity index (χ4v) is 6.10. The van der Waals surface area contributed by atoms with E-state index >= 15 is 0 Å². The zero-order valence-corrected chi connectivity index (χ0v) is 20.1. The minimum atomic E-state index is -0.663. The maximum Gasteiger partial charge on any atom is 0.350 e. The lowest BCUT2D eigenvalue weighted by atomic mass is 9.97. The molecule has 0 radical (unpaired) electrons. The van der Waals surface area contributed by atoms with Crippen LogP contribution >= 0.6 is 11.8 Å². The standard InChI is InChI=1S/C25H25F2N5O2S/c1-3-20(33)30-6-8-31(9-7-30)24-18-10-14(2)21(17-5-4-15(26)11-19(17)27)23-22(18)32(25(34)29-24)12-16(28)13-35-23/h3-5,10-11,16H,1,6-9,12-13,28H2,2H3. The second-order valence-corrected chi connectivity index (χ2v) is 9.86. The third kappa shape index (κ3) is 4.10. The molecule has 7 nitrogen and oxygen atoms in total. The molecular formula is C25H25F2N5O2S. The summed E-state index contributed by atoms with van der Waals surface area (Å²) in [6, 6.07) is 5.15. The molecule has 0 bridgehead atoms. The Morgan fingerprint density at radius 2 is 1.97 bits per heavy atom. The number of hydrogen-bond donors (Lipinski definition) is 1. The molecule has 0 aliphatic carbocycles. The third-order valence-electron chi connectivity index (χ3n) is 6.52. The van der Waals surface area contributed by atoms with Crippen molar-refractivity contribution in [3.63, 3.8) is 0 Å². The summed E-state index contributed by atoms with van der Waals surface area (Å²) in [6.07, 6.45) is 1.30. The minimum absolute atomic E-state index is 0.127. The van der Waals surface area contributed by atoms with Gasteiger partial charge in [0.25, 0.3) is 0 Å². The molecule has 1 aromatic heterocycles. The molecule has 2 N–H and O–H groups in total. The van der Waals surface area contributed by atoms with Crippen LogP contribution in [0.25, 0.3) is 22.0 Å². The molecule has 10 heteroatoms. The number of aromatic nitrogens is 2. The molecule has 2 aromatic carbocycles. The quantitative estimate of drug-likeness (QED) is 0.561. The van der Waals surface area contributed by atoms with Crippen molar-refractivity contribution in [3.8, 4) is 11.1 Å². The lowest BCUT2D eigenvalue weighted by molar-refractivity contribution is -0.126. The molecule has 1 atom stereocenters. The van der Waals surface area contributed by atoms with Crippen LogP contribution in [0, 0.1) is 18.6 Å². The monoisotopic (exact) mass is 497 g/mol. The van der Waals surface area contributed by atoms with Crippen molar-refractivity contribution in [2.45, 2.75) is 24.4 Å². The summed E-state index contributed by atoms with van der Waals surface area (Å²) in [7, 11) is 0. The van der Waals surface area contributed by atoms with Gasteiger partial charge in [0.1, 0.15) is 17.5 Å². The van der Waals surface area contributed by atoms with Crippen LogP contribution in [-0.2, 0) is 11.3 Å². The highest BCUT2D eigenvalue weighted by molar-refractivity contribution is 7.99. The molecule has 0 spiro atoms. The van der Waals surface area contributed by atoms with Crippen LogP contribution < -0.4 is 16.3 Å². The Morgan fingerprint density at radius 3 is 2.66 bits per heavy atom. The number of benzene rings is 2. The summed E-state index contributed by atoms with van der Waals surface area (Å²) < 4.78 is 30.1. The first-order valence-corrected chi connectivity index (χ1v) is 12.3. The maximum atomic E-state index is 14.9. The molecule has 2 aliphatic heterocycles. The largest absolute Gasteiger partial charge is 0.352 e. The Balaban J connectivity index is 1.72. The Morgan fingerprint density at radius 1 is 1.23 bits per heavy atom. The van der Waals surface area contributed by atoms with Gasteiger partial charge in [0.15, 0.2) is 0 Å². The number of rotatable bonds is 3. The van der Waals surface area contributed by atoms with E-state index in [2.05, 4.69) is 11.6 Å². The van der Waals surface area contributed by atoms with Crippen molar-refractivity contribution in [3.05, 3.63) is 64.6 Å². The van der Waals surface area contributed by atoms with Crippen molar-refractivity contribution in [1.82, 2.24) is 14.5 Å². The topological polar surface area (TPSA) is 84.5 Å². The number of piperazine rings is 1. The average Bonchev–Trinajstić information content (AvgIpc) is 3.01. The van der Waals surface area contributed by atoms with Gasteiger partial charge in [0, 0.05) is 72.0 Å². The second kappa shape index (κ2) is 9.09. The minimum Gasteiger partial charge on any atom is -0.352 e. The van der Waals surface area contributed by atoms with E-state index < -0.39 is 17.3 Å².